The van der Waals surface area contributed by atoms with E-state index >= 15 is 0 Å². The maximum absolute atomic E-state index is 12.5. The molecule has 7 nitrogen and oxygen atoms in total. The molecule has 0 atom stereocenters. The van der Waals surface area contributed by atoms with Gasteiger partial charge in [0.1, 0.15) is 5.75 Å². The smallest absolute Gasteiger partial charge is 0.255 e. The maximum Gasteiger partial charge on any atom is 0.255 e. The Morgan fingerprint density at radius 3 is 2.44 bits per heavy atom. The van der Waals surface area contributed by atoms with Gasteiger partial charge in [-0.05, 0) is 60.2 Å². The average molecular weight is 425 g/mol. The molecular formula is C25H23N5O2. The highest BCUT2D eigenvalue weighted by molar-refractivity contribution is 6.05. The molecule has 1 heterocycles. The first-order valence-electron chi connectivity index (χ1n) is 10.1. The Labute approximate surface area is 186 Å². The molecule has 4 aromatic rings. The Morgan fingerprint density at radius 2 is 1.72 bits per heavy atom. The number of hydrogen-bond donors (Lipinski definition) is 3. The molecule has 4 rings (SSSR count). The lowest BCUT2D eigenvalue weighted by molar-refractivity contribution is 0.102. The minimum absolute atomic E-state index is 0.210. The van der Waals surface area contributed by atoms with E-state index in [1.54, 1.807) is 37.6 Å². The molecule has 0 spiro atoms. The quantitative estimate of drug-likeness (QED) is 0.374. The summed E-state index contributed by atoms with van der Waals surface area (Å²) in [6.07, 6.45) is 1.72. The van der Waals surface area contributed by atoms with Crippen LogP contribution in [0.15, 0.2) is 85.1 Å². The molecule has 0 saturated heterocycles. The highest BCUT2D eigenvalue weighted by Gasteiger charge is 2.08. The third kappa shape index (κ3) is 5.02. The first-order chi connectivity index (χ1) is 15.6. The van der Waals surface area contributed by atoms with E-state index < -0.39 is 0 Å². The third-order valence-electron chi connectivity index (χ3n) is 4.92. The van der Waals surface area contributed by atoms with Crippen molar-refractivity contribution in [2.75, 3.05) is 23.5 Å². The van der Waals surface area contributed by atoms with Gasteiger partial charge in [0.05, 0.1) is 24.2 Å². The van der Waals surface area contributed by atoms with Crippen LogP contribution in [0.3, 0.4) is 0 Å². The van der Waals surface area contributed by atoms with Gasteiger partial charge in [-0.2, -0.15) is 0 Å². The van der Waals surface area contributed by atoms with Crippen molar-refractivity contribution >= 4 is 23.2 Å². The van der Waals surface area contributed by atoms with Gasteiger partial charge in [0, 0.05) is 23.9 Å². The summed E-state index contributed by atoms with van der Waals surface area (Å²) in [5.74, 6) is 1.11. The van der Waals surface area contributed by atoms with Crippen LogP contribution in [0.4, 0.5) is 17.3 Å². The largest absolute Gasteiger partial charge is 0.497 e. The van der Waals surface area contributed by atoms with Crippen LogP contribution >= 0.6 is 0 Å². The molecular weight excluding hydrogens is 402 g/mol. The van der Waals surface area contributed by atoms with Crippen molar-refractivity contribution in [3.63, 3.8) is 0 Å². The number of nitrogen functional groups attached to an aromatic ring is 1. The normalized spacial score (nSPS) is 10.4. The lowest BCUT2D eigenvalue weighted by atomic mass is 10.1. The van der Waals surface area contributed by atoms with Crippen molar-refractivity contribution in [1.82, 2.24) is 9.97 Å². The van der Waals surface area contributed by atoms with Crippen molar-refractivity contribution in [2.24, 2.45) is 0 Å². The van der Waals surface area contributed by atoms with Gasteiger partial charge in [-0.15, -0.1) is 0 Å². The van der Waals surface area contributed by atoms with Crippen molar-refractivity contribution < 1.29 is 9.53 Å². The van der Waals surface area contributed by atoms with Crippen molar-refractivity contribution in [3.8, 4) is 17.0 Å². The van der Waals surface area contributed by atoms with Gasteiger partial charge in [-0.25, -0.2) is 9.97 Å². The van der Waals surface area contributed by atoms with Crippen LogP contribution in [-0.4, -0.2) is 23.0 Å². The molecule has 4 N–H and O–H groups in total. The minimum atomic E-state index is -0.210. The van der Waals surface area contributed by atoms with Crippen molar-refractivity contribution in [3.05, 3.63) is 96.2 Å². The lowest BCUT2D eigenvalue weighted by Crippen LogP contribution is -2.13. The zero-order valence-corrected chi connectivity index (χ0v) is 17.6. The molecule has 0 unspecified atom stereocenters. The monoisotopic (exact) mass is 425 g/mol. The second-order valence-electron chi connectivity index (χ2n) is 7.09. The fourth-order valence-corrected chi connectivity index (χ4v) is 3.13. The molecule has 0 fully saturated rings. The van der Waals surface area contributed by atoms with E-state index in [0.717, 1.165) is 22.6 Å². The van der Waals surface area contributed by atoms with Crippen LogP contribution in [0.2, 0.25) is 0 Å². The summed E-state index contributed by atoms with van der Waals surface area (Å²) in [7, 11) is 1.64. The third-order valence-corrected chi connectivity index (χ3v) is 4.92. The zero-order chi connectivity index (χ0) is 22.3. The molecule has 0 aliphatic rings. The van der Waals surface area contributed by atoms with Crippen LogP contribution in [0, 0.1) is 0 Å². The number of nitrogens with zero attached hydrogens (tertiary/aromatic N) is 2. The number of hydrogen-bond acceptors (Lipinski definition) is 6. The molecule has 0 aliphatic carbocycles. The number of aromatic nitrogens is 2. The fourth-order valence-electron chi connectivity index (χ4n) is 3.13. The van der Waals surface area contributed by atoms with E-state index in [-0.39, 0.29) is 5.91 Å². The van der Waals surface area contributed by atoms with Gasteiger partial charge in [-0.1, -0.05) is 24.3 Å². The molecule has 1 aromatic heterocycles. The zero-order valence-electron chi connectivity index (χ0n) is 17.6. The number of carbonyl (C=O) groups is 1. The van der Waals surface area contributed by atoms with Gasteiger partial charge in [0.2, 0.25) is 5.95 Å². The Morgan fingerprint density at radius 1 is 0.969 bits per heavy atom. The van der Waals surface area contributed by atoms with Gasteiger partial charge in [-0.3, -0.25) is 4.79 Å². The second kappa shape index (κ2) is 9.61. The van der Waals surface area contributed by atoms with Crippen LogP contribution in [0.1, 0.15) is 15.9 Å². The minimum Gasteiger partial charge on any atom is -0.497 e. The van der Waals surface area contributed by atoms with Crippen LogP contribution < -0.4 is 21.1 Å². The average Bonchev–Trinajstić information content (AvgIpc) is 2.85. The molecule has 160 valence electrons. The Bertz CT molecular complexity index is 1210. The summed E-state index contributed by atoms with van der Waals surface area (Å²) in [6.45, 7) is 0.527. The molecule has 7 heteroatoms. The number of nitrogens with two attached hydrogens (primary N) is 1. The number of anilines is 3. The Balaban J connectivity index is 1.38. The maximum atomic E-state index is 12.5. The molecule has 1 amide bonds. The summed E-state index contributed by atoms with van der Waals surface area (Å²) >= 11 is 0. The molecule has 32 heavy (non-hydrogen) atoms. The number of carbonyl (C=O) groups excluding carboxylic acids is 1. The number of para-hydroxylation sites is 2. The fraction of sp³-hybridized carbons (Fsp3) is 0.0800. The van der Waals surface area contributed by atoms with Crippen LogP contribution in [0.25, 0.3) is 11.3 Å². The summed E-state index contributed by atoms with van der Waals surface area (Å²) in [5, 5.41) is 6.05. The van der Waals surface area contributed by atoms with Gasteiger partial charge >= 0.3 is 0 Å². The van der Waals surface area contributed by atoms with E-state index in [4.69, 9.17) is 10.5 Å². The predicted octanol–water partition coefficient (Wildman–Crippen LogP) is 4.60. The number of nitrogens with one attached hydrogen (secondary N) is 2. The number of amides is 1. The van der Waals surface area contributed by atoms with Crippen molar-refractivity contribution in [1.29, 1.82) is 0 Å². The van der Waals surface area contributed by atoms with Gasteiger partial charge < -0.3 is 21.1 Å². The van der Waals surface area contributed by atoms with E-state index in [0.29, 0.717) is 29.4 Å². The second-order valence-corrected chi connectivity index (χ2v) is 7.09. The number of methoxy groups -OCH3 is 1. The summed E-state index contributed by atoms with van der Waals surface area (Å²) in [4.78, 5) is 21.3. The number of benzene rings is 3. The number of ether oxygens (including phenoxy) is 1. The summed E-state index contributed by atoms with van der Waals surface area (Å²) < 4.78 is 5.20. The SMILES string of the molecule is COc1ccc(-c2ccnc(NCc3ccc(C(=O)Nc4ccccc4N)cc3)n2)cc1. The van der Waals surface area contributed by atoms with Crippen LogP contribution in [0.5, 0.6) is 5.75 Å². The van der Waals surface area contributed by atoms with Crippen molar-refractivity contribution in [2.45, 2.75) is 6.54 Å². The van der Waals surface area contributed by atoms with E-state index in [1.807, 2.05) is 54.6 Å². The van der Waals surface area contributed by atoms with Gasteiger partial charge in [0.15, 0.2) is 0 Å². The standard InChI is InChI=1S/C25H23N5O2/c1-32-20-12-10-18(11-13-20)22-14-15-27-25(30-22)28-16-17-6-8-19(9-7-17)24(31)29-23-5-3-2-4-21(23)26/h2-15H,16,26H2,1H3,(H,29,31)(H,27,28,30). The molecule has 0 saturated carbocycles. The lowest BCUT2D eigenvalue weighted by Gasteiger charge is -2.09. The highest BCUT2D eigenvalue weighted by Crippen LogP contribution is 2.21. The first-order valence-corrected chi connectivity index (χ1v) is 10.1. The van der Waals surface area contributed by atoms with Crippen LogP contribution in [-0.2, 0) is 6.54 Å². The molecule has 0 radical (unpaired) electrons. The Hall–Kier alpha value is -4.39. The predicted molar refractivity (Wildman–Crippen MR) is 127 cm³/mol. The molecule has 0 aliphatic heterocycles. The van der Waals surface area contributed by atoms with E-state index in [9.17, 15) is 4.79 Å². The highest BCUT2D eigenvalue weighted by atomic mass is 16.5. The Kier molecular flexibility index (Phi) is 6.27. The summed E-state index contributed by atoms with van der Waals surface area (Å²) in [5.41, 5.74) is 10.4. The molecule has 3 aromatic carbocycles. The van der Waals surface area contributed by atoms with Gasteiger partial charge in [0.25, 0.3) is 5.91 Å². The first kappa shape index (κ1) is 20.9. The van der Waals surface area contributed by atoms with E-state index in [2.05, 4.69) is 20.6 Å². The van der Waals surface area contributed by atoms with E-state index in [1.165, 1.54) is 0 Å². The number of rotatable bonds is 7. The summed E-state index contributed by atoms with van der Waals surface area (Å²) in [6, 6.07) is 24.1. The topological polar surface area (TPSA) is 102 Å². The molecule has 0 bridgehead atoms.